The monoisotopic (exact) mass is 805 g/mol. The highest BCUT2D eigenvalue weighted by Gasteiger charge is 2.26. The molecule has 4 atom stereocenters. The van der Waals surface area contributed by atoms with Crippen molar-refractivity contribution in [3.8, 4) is 5.75 Å². The summed E-state index contributed by atoms with van der Waals surface area (Å²) >= 11 is 24.9. The van der Waals surface area contributed by atoms with Crippen molar-refractivity contribution >= 4 is 90.7 Å². The van der Waals surface area contributed by atoms with Crippen molar-refractivity contribution in [3.05, 3.63) is 104 Å². The third-order valence-electron chi connectivity index (χ3n) is 10.1. The second-order valence-electron chi connectivity index (χ2n) is 14.2. The molecular formula is C42H47Cl4N7O. The number of fused-ring (bicyclic) bond motifs is 3. The summed E-state index contributed by atoms with van der Waals surface area (Å²) < 4.78 is 5.31. The number of aryl methyl sites for hydroxylation is 2. The Morgan fingerprint density at radius 1 is 0.556 bits per heavy atom. The summed E-state index contributed by atoms with van der Waals surface area (Å²) in [7, 11) is 1.65. The van der Waals surface area contributed by atoms with Crippen molar-refractivity contribution in [2.24, 2.45) is 11.5 Å². The molecule has 2 saturated carbocycles. The van der Waals surface area contributed by atoms with Gasteiger partial charge in [0.1, 0.15) is 22.5 Å². The minimum absolute atomic E-state index is 0.201. The van der Waals surface area contributed by atoms with E-state index in [0.717, 1.165) is 75.8 Å². The molecule has 2 aliphatic rings. The first-order valence-electron chi connectivity index (χ1n) is 18.4. The number of nitrogens with two attached hydrogens (primary N) is 2. The maximum atomic E-state index is 6.58. The second-order valence-corrected chi connectivity index (χ2v) is 15.8. The van der Waals surface area contributed by atoms with E-state index in [2.05, 4.69) is 34.7 Å². The van der Waals surface area contributed by atoms with Crippen molar-refractivity contribution in [3.63, 3.8) is 0 Å². The summed E-state index contributed by atoms with van der Waals surface area (Å²) in [4.78, 5) is 13.8. The van der Waals surface area contributed by atoms with Crippen LogP contribution in [-0.2, 0) is 0 Å². The maximum Gasteiger partial charge on any atom is 0.131 e. The molecule has 3 heterocycles. The van der Waals surface area contributed by atoms with Gasteiger partial charge in [-0.25, -0.2) is 15.0 Å². The largest absolute Gasteiger partial charge is 0.497 e. The van der Waals surface area contributed by atoms with Gasteiger partial charge in [0, 0.05) is 40.3 Å². The van der Waals surface area contributed by atoms with Crippen LogP contribution in [0.25, 0.3) is 32.7 Å². The van der Waals surface area contributed by atoms with Crippen LogP contribution in [0.4, 0.5) is 11.6 Å². The highest BCUT2D eigenvalue weighted by atomic mass is 35.5. The lowest BCUT2D eigenvalue weighted by Crippen LogP contribution is -2.43. The second kappa shape index (κ2) is 18.3. The molecule has 0 amide bonds. The zero-order valence-corrected chi connectivity index (χ0v) is 33.8. The summed E-state index contributed by atoms with van der Waals surface area (Å²) in [6, 6.07) is 24.3. The Balaban J connectivity index is 0.000000192. The third-order valence-corrected chi connectivity index (χ3v) is 11.2. The zero-order valence-electron chi connectivity index (χ0n) is 30.8. The van der Waals surface area contributed by atoms with Gasteiger partial charge in [-0.2, -0.15) is 0 Å². The Morgan fingerprint density at radius 2 is 0.981 bits per heavy atom. The number of ether oxygens (including phenoxy) is 1. The summed E-state index contributed by atoms with van der Waals surface area (Å²) in [5.41, 5.74) is 16.2. The number of anilines is 2. The predicted octanol–water partition coefficient (Wildman–Crippen LogP) is 11.3. The molecule has 6 aromatic rings. The molecular weight excluding hydrogens is 760 g/mol. The fourth-order valence-electron chi connectivity index (χ4n) is 7.05. The van der Waals surface area contributed by atoms with Crippen LogP contribution in [0.5, 0.6) is 5.75 Å². The van der Waals surface area contributed by atoms with Crippen molar-refractivity contribution < 1.29 is 4.74 Å². The van der Waals surface area contributed by atoms with E-state index in [1.54, 1.807) is 13.2 Å². The van der Waals surface area contributed by atoms with Crippen LogP contribution in [0.3, 0.4) is 0 Å². The van der Waals surface area contributed by atoms with Crippen LogP contribution in [0.1, 0.15) is 62.5 Å². The molecule has 0 unspecified atom stereocenters. The van der Waals surface area contributed by atoms with Crippen molar-refractivity contribution in [1.29, 1.82) is 0 Å². The van der Waals surface area contributed by atoms with Gasteiger partial charge in [0.05, 0.1) is 38.7 Å². The summed E-state index contributed by atoms with van der Waals surface area (Å²) in [5, 5.41) is 12.5. The molecule has 0 saturated heterocycles. The summed E-state index contributed by atoms with van der Waals surface area (Å²) in [5.74, 6) is 2.34. The molecule has 54 heavy (non-hydrogen) atoms. The first-order chi connectivity index (χ1) is 26.0. The number of rotatable bonds is 5. The Labute approximate surface area is 337 Å². The Bertz CT molecular complexity index is 2230. The molecule has 3 aromatic carbocycles. The van der Waals surface area contributed by atoms with Crippen molar-refractivity contribution in [1.82, 2.24) is 15.0 Å². The van der Waals surface area contributed by atoms with Gasteiger partial charge in [0.25, 0.3) is 0 Å². The molecule has 3 aromatic heterocycles. The maximum absolute atomic E-state index is 6.58. The lowest BCUT2D eigenvalue weighted by Gasteiger charge is -2.33. The molecule has 0 radical (unpaired) electrons. The number of methoxy groups -OCH3 is 1. The van der Waals surface area contributed by atoms with Gasteiger partial charge in [0.2, 0.25) is 0 Å². The fraction of sp³-hybridized carbons (Fsp3) is 0.357. The standard InChI is InChI=1S/C26H26Cl2N4O.C10H7Cl2N.C6H14N2/c1-15-7-9-21-17(11-15)19(27)13-25(29-21)31-23-5-3-4-6-24(23)32-26-14-20(28)18-12-16(33-2)8-10-22(18)30-26;1-6-2-3-9-7(4-6)8(11)5-10(12)13-9;7-5-3-1-2-4-6(5)8/h7-14,23-24H,3-6H2,1-2H3,(H,29,31)(H,30,32);2-5H,1H3;5-6H,1-4,7-8H2/t23-,24-;;5-,6-/m1.1/s1. The molecule has 0 aliphatic heterocycles. The number of pyridine rings is 3. The summed E-state index contributed by atoms with van der Waals surface area (Å²) in [6.45, 7) is 4.08. The lowest BCUT2D eigenvalue weighted by atomic mass is 9.90. The van der Waals surface area contributed by atoms with E-state index in [1.165, 1.54) is 36.8 Å². The molecule has 8 nitrogen and oxygen atoms in total. The topological polar surface area (TPSA) is 124 Å². The van der Waals surface area contributed by atoms with E-state index >= 15 is 0 Å². The fourth-order valence-corrected chi connectivity index (χ4v) is 8.07. The first kappa shape index (κ1) is 40.0. The van der Waals surface area contributed by atoms with E-state index < -0.39 is 0 Å². The number of nitrogens with zero attached hydrogens (tertiary/aromatic N) is 3. The SMILES string of the molecule is COc1ccc2nc(N[C@@H]3CCCC[C@H]3Nc3cc(Cl)c4cc(C)ccc4n3)cc(Cl)c2c1.Cc1ccc2nc(Cl)cc(Cl)c2c1.N[C@@H]1CCCC[C@H]1N. The highest BCUT2D eigenvalue weighted by molar-refractivity contribution is 6.38. The molecule has 284 valence electrons. The van der Waals surface area contributed by atoms with Gasteiger partial charge >= 0.3 is 0 Å². The van der Waals surface area contributed by atoms with E-state index in [9.17, 15) is 0 Å². The molecule has 2 fully saturated rings. The third kappa shape index (κ3) is 10.2. The minimum atomic E-state index is 0.201. The Morgan fingerprint density at radius 3 is 1.46 bits per heavy atom. The van der Waals surface area contributed by atoms with Crippen LogP contribution < -0.4 is 26.8 Å². The van der Waals surface area contributed by atoms with Crippen LogP contribution in [-0.4, -0.2) is 46.2 Å². The van der Waals surface area contributed by atoms with Crippen molar-refractivity contribution in [2.45, 2.75) is 89.4 Å². The van der Waals surface area contributed by atoms with Crippen LogP contribution in [0.2, 0.25) is 20.2 Å². The average Bonchev–Trinajstić information content (AvgIpc) is 3.15. The number of aromatic nitrogens is 3. The minimum Gasteiger partial charge on any atom is -0.497 e. The predicted molar refractivity (Wildman–Crippen MR) is 229 cm³/mol. The molecule has 12 heteroatoms. The van der Waals surface area contributed by atoms with E-state index in [1.807, 2.05) is 61.5 Å². The van der Waals surface area contributed by atoms with Gasteiger partial charge in [-0.05, 0) is 100 Å². The van der Waals surface area contributed by atoms with Gasteiger partial charge in [0.15, 0.2) is 0 Å². The quantitative estimate of drug-likeness (QED) is 0.127. The zero-order chi connectivity index (χ0) is 38.4. The van der Waals surface area contributed by atoms with Crippen molar-refractivity contribution in [2.75, 3.05) is 17.7 Å². The highest BCUT2D eigenvalue weighted by Crippen LogP contribution is 2.32. The number of hydrogen-bond acceptors (Lipinski definition) is 8. The first-order valence-corrected chi connectivity index (χ1v) is 20.0. The Hall–Kier alpha value is -3.63. The number of halogens is 4. The average molecular weight is 808 g/mol. The molecule has 6 N–H and O–H groups in total. The number of benzene rings is 3. The number of hydrogen-bond donors (Lipinski definition) is 4. The molecule has 0 spiro atoms. The van der Waals surface area contributed by atoms with Gasteiger partial charge in [-0.1, -0.05) is 95.3 Å². The van der Waals surface area contributed by atoms with Crippen LogP contribution in [0, 0.1) is 13.8 Å². The van der Waals surface area contributed by atoms with Crippen LogP contribution >= 0.6 is 46.4 Å². The Kier molecular flexibility index (Phi) is 13.6. The van der Waals surface area contributed by atoms with Gasteiger partial charge < -0.3 is 26.8 Å². The summed E-state index contributed by atoms with van der Waals surface area (Å²) in [6.07, 6.45) is 9.22. The van der Waals surface area contributed by atoms with Gasteiger partial charge in [-0.15, -0.1) is 0 Å². The van der Waals surface area contributed by atoms with E-state index in [-0.39, 0.29) is 24.2 Å². The van der Waals surface area contributed by atoms with E-state index in [0.29, 0.717) is 20.2 Å². The molecule has 0 bridgehead atoms. The molecule has 2 aliphatic carbocycles. The van der Waals surface area contributed by atoms with E-state index in [4.69, 9.17) is 72.6 Å². The van der Waals surface area contributed by atoms with Gasteiger partial charge in [-0.3, -0.25) is 0 Å². The number of nitrogens with one attached hydrogen (secondary N) is 2. The lowest BCUT2D eigenvalue weighted by molar-refractivity contribution is 0.385. The smallest absolute Gasteiger partial charge is 0.131 e. The van der Waals surface area contributed by atoms with Crippen LogP contribution in [0.15, 0.2) is 72.8 Å². The molecule has 8 rings (SSSR count). The normalized spacial score (nSPS) is 19.7.